The summed E-state index contributed by atoms with van der Waals surface area (Å²) in [4.78, 5) is 11.3. The first-order chi connectivity index (χ1) is 9.15. The van der Waals surface area contributed by atoms with Crippen molar-refractivity contribution in [2.24, 2.45) is 0 Å². The molecule has 4 heteroatoms. The molecule has 0 atom stereocenters. The van der Waals surface area contributed by atoms with Crippen LogP contribution in [0.25, 0.3) is 10.9 Å². The normalized spacial score (nSPS) is 11.3. The van der Waals surface area contributed by atoms with Crippen LogP contribution in [0, 0.1) is 11.3 Å². The Labute approximate surface area is 111 Å². The fourth-order valence-corrected chi connectivity index (χ4v) is 1.89. The lowest BCUT2D eigenvalue weighted by molar-refractivity contribution is -0.136. The molecule has 2 aromatic rings. The van der Waals surface area contributed by atoms with E-state index < -0.39 is 0 Å². The number of methoxy groups -OCH3 is 1. The van der Waals surface area contributed by atoms with Crippen LogP contribution in [0.15, 0.2) is 42.1 Å². The Morgan fingerprint density at radius 2 is 2.26 bits per heavy atom. The van der Waals surface area contributed by atoms with Gasteiger partial charge in [0.15, 0.2) is 0 Å². The van der Waals surface area contributed by atoms with Crippen molar-refractivity contribution in [2.45, 2.75) is 13.5 Å². The molecule has 96 valence electrons. The minimum absolute atomic E-state index is 0.325. The van der Waals surface area contributed by atoms with Crippen LogP contribution in [0.2, 0.25) is 0 Å². The second-order valence-corrected chi connectivity index (χ2v) is 4.23. The van der Waals surface area contributed by atoms with Gasteiger partial charge in [-0.05, 0) is 30.5 Å². The second-order valence-electron chi connectivity index (χ2n) is 4.23. The number of rotatable bonds is 3. The smallest absolute Gasteiger partial charge is 0.333 e. The molecule has 0 amide bonds. The molecule has 0 N–H and O–H groups in total. The van der Waals surface area contributed by atoms with Gasteiger partial charge in [-0.15, -0.1) is 0 Å². The molecule has 1 aromatic carbocycles. The molecule has 4 nitrogen and oxygen atoms in total. The van der Waals surface area contributed by atoms with Gasteiger partial charge in [0, 0.05) is 23.8 Å². The number of nitriles is 1. The standard InChI is InChI=1S/C15H14N2O2/c1-11(15(18)19-2)5-7-17-8-6-13-4-3-12(10-16)9-14(13)17/h3-6,8-9H,7H2,1-2H3/b11-5+. The molecule has 0 aliphatic heterocycles. The van der Waals surface area contributed by atoms with Crippen LogP contribution >= 0.6 is 0 Å². The van der Waals surface area contributed by atoms with E-state index in [0.29, 0.717) is 17.7 Å². The van der Waals surface area contributed by atoms with Crippen LogP contribution in [0.1, 0.15) is 12.5 Å². The number of hydrogen-bond acceptors (Lipinski definition) is 3. The summed E-state index contributed by atoms with van der Waals surface area (Å²) < 4.78 is 6.64. The van der Waals surface area contributed by atoms with E-state index in [-0.39, 0.29) is 5.97 Å². The predicted octanol–water partition coefficient (Wildman–Crippen LogP) is 2.63. The molecule has 0 radical (unpaired) electrons. The van der Waals surface area contributed by atoms with E-state index in [1.807, 2.05) is 35.0 Å². The maximum Gasteiger partial charge on any atom is 0.333 e. The number of esters is 1. The molecule has 0 bridgehead atoms. The summed E-state index contributed by atoms with van der Waals surface area (Å²) in [5.74, 6) is -0.325. The Hall–Kier alpha value is -2.54. The van der Waals surface area contributed by atoms with Crippen molar-refractivity contribution in [3.05, 3.63) is 47.7 Å². The third-order valence-corrected chi connectivity index (χ3v) is 3.00. The largest absolute Gasteiger partial charge is 0.466 e. The maximum atomic E-state index is 11.3. The van der Waals surface area contributed by atoms with E-state index >= 15 is 0 Å². The lowest BCUT2D eigenvalue weighted by Gasteiger charge is -2.03. The SMILES string of the molecule is COC(=O)/C(C)=C/Cn1ccc2ccc(C#N)cc21. The minimum Gasteiger partial charge on any atom is -0.466 e. The van der Waals surface area contributed by atoms with Crippen molar-refractivity contribution in [3.8, 4) is 6.07 Å². The molecule has 0 aliphatic rings. The van der Waals surface area contributed by atoms with E-state index in [2.05, 4.69) is 10.8 Å². The number of carbonyl (C=O) groups is 1. The monoisotopic (exact) mass is 254 g/mol. The van der Waals surface area contributed by atoms with Gasteiger partial charge >= 0.3 is 5.97 Å². The first-order valence-corrected chi connectivity index (χ1v) is 5.90. The van der Waals surface area contributed by atoms with Gasteiger partial charge in [-0.3, -0.25) is 0 Å². The summed E-state index contributed by atoms with van der Waals surface area (Å²) in [5.41, 5.74) is 2.18. The Bertz CT molecular complexity index is 690. The molecule has 0 aliphatic carbocycles. The number of benzene rings is 1. The molecule has 0 saturated carbocycles. The molecule has 0 unspecified atom stereocenters. The highest BCUT2D eigenvalue weighted by atomic mass is 16.5. The van der Waals surface area contributed by atoms with Crippen LogP contribution in [0.3, 0.4) is 0 Å². The molecule has 1 heterocycles. The van der Waals surface area contributed by atoms with Crippen molar-refractivity contribution >= 4 is 16.9 Å². The quantitative estimate of drug-likeness (QED) is 0.625. The molecule has 0 spiro atoms. The summed E-state index contributed by atoms with van der Waals surface area (Å²) in [6, 6.07) is 9.67. The number of fused-ring (bicyclic) bond motifs is 1. The van der Waals surface area contributed by atoms with Gasteiger partial charge in [0.25, 0.3) is 0 Å². The zero-order chi connectivity index (χ0) is 13.8. The highest BCUT2D eigenvalue weighted by molar-refractivity contribution is 5.87. The van der Waals surface area contributed by atoms with Gasteiger partial charge in [0.05, 0.1) is 18.7 Å². The fraction of sp³-hybridized carbons (Fsp3) is 0.200. The second kappa shape index (κ2) is 5.40. The van der Waals surface area contributed by atoms with Gasteiger partial charge < -0.3 is 9.30 Å². The van der Waals surface area contributed by atoms with E-state index in [1.54, 1.807) is 13.0 Å². The Kier molecular flexibility index (Phi) is 3.67. The Balaban J connectivity index is 2.31. The van der Waals surface area contributed by atoms with Gasteiger partial charge in [0.1, 0.15) is 0 Å². The third-order valence-electron chi connectivity index (χ3n) is 3.00. The number of aromatic nitrogens is 1. The summed E-state index contributed by atoms with van der Waals surface area (Å²) in [6.07, 6.45) is 3.75. The lowest BCUT2D eigenvalue weighted by atomic mass is 10.2. The molecular weight excluding hydrogens is 240 g/mol. The highest BCUT2D eigenvalue weighted by Crippen LogP contribution is 2.17. The Morgan fingerprint density at radius 1 is 1.47 bits per heavy atom. The number of carbonyl (C=O) groups excluding carboxylic acids is 1. The van der Waals surface area contributed by atoms with Crippen LogP contribution in [-0.2, 0) is 16.1 Å². The highest BCUT2D eigenvalue weighted by Gasteiger charge is 2.04. The van der Waals surface area contributed by atoms with Crippen LogP contribution in [0.5, 0.6) is 0 Å². The van der Waals surface area contributed by atoms with Crippen molar-refractivity contribution in [2.75, 3.05) is 7.11 Å². The first-order valence-electron chi connectivity index (χ1n) is 5.90. The third kappa shape index (κ3) is 2.66. The van der Waals surface area contributed by atoms with E-state index in [0.717, 1.165) is 10.9 Å². The number of allylic oxidation sites excluding steroid dienone is 1. The number of ether oxygens (including phenoxy) is 1. The lowest BCUT2D eigenvalue weighted by Crippen LogP contribution is -2.03. The molecule has 19 heavy (non-hydrogen) atoms. The predicted molar refractivity (Wildman–Crippen MR) is 72.4 cm³/mol. The zero-order valence-corrected chi connectivity index (χ0v) is 10.9. The average Bonchev–Trinajstić information content (AvgIpc) is 2.85. The van der Waals surface area contributed by atoms with E-state index in [1.165, 1.54) is 7.11 Å². The Morgan fingerprint density at radius 3 is 2.95 bits per heavy atom. The first kappa shape index (κ1) is 12.9. The van der Waals surface area contributed by atoms with Crippen molar-refractivity contribution in [1.82, 2.24) is 4.57 Å². The average molecular weight is 254 g/mol. The van der Waals surface area contributed by atoms with Gasteiger partial charge in [-0.1, -0.05) is 12.1 Å². The topological polar surface area (TPSA) is 55.0 Å². The number of nitrogens with zero attached hydrogens (tertiary/aromatic N) is 2. The number of hydrogen-bond donors (Lipinski definition) is 0. The van der Waals surface area contributed by atoms with Crippen LogP contribution < -0.4 is 0 Å². The molecule has 1 aromatic heterocycles. The van der Waals surface area contributed by atoms with Crippen LogP contribution in [0.4, 0.5) is 0 Å². The van der Waals surface area contributed by atoms with E-state index in [9.17, 15) is 4.79 Å². The fourth-order valence-electron chi connectivity index (χ4n) is 1.89. The maximum absolute atomic E-state index is 11.3. The minimum atomic E-state index is -0.325. The van der Waals surface area contributed by atoms with Gasteiger partial charge in [-0.25, -0.2) is 4.79 Å². The van der Waals surface area contributed by atoms with Crippen molar-refractivity contribution < 1.29 is 9.53 Å². The zero-order valence-electron chi connectivity index (χ0n) is 10.9. The van der Waals surface area contributed by atoms with Crippen molar-refractivity contribution in [3.63, 3.8) is 0 Å². The molecular formula is C15H14N2O2. The summed E-state index contributed by atoms with van der Waals surface area (Å²) in [7, 11) is 1.37. The molecule has 0 fully saturated rings. The summed E-state index contributed by atoms with van der Waals surface area (Å²) in [6.45, 7) is 2.29. The van der Waals surface area contributed by atoms with E-state index in [4.69, 9.17) is 5.26 Å². The van der Waals surface area contributed by atoms with Crippen LogP contribution in [-0.4, -0.2) is 17.6 Å². The van der Waals surface area contributed by atoms with Gasteiger partial charge in [-0.2, -0.15) is 5.26 Å². The summed E-state index contributed by atoms with van der Waals surface area (Å²) in [5, 5.41) is 9.99. The summed E-state index contributed by atoms with van der Waals surface area (Å²) >= 11 is 0. The van der Waals surface area contributed by atoms with Gasteiger partial charge in [0.2, 0.25) is 0 Å². The molecule has 2 rings (SSSR count). The van der Waals surface area contributed by atoms with Crippen molar-refractivity contribution in [1.29, 1.82) is 5.26 Å². The molecule has 0 saturated heterocycles.